The van der Waals surface area contributed by atoms with Gasteiger partial charge < -0.3 is 4.90 Å². The van der Waals surface area contributed by atoms with Gasteiger partial charge in [-0.05, 0) is 35.2 Å². The average molecular weight is 393 g/mol. The predicted molar refractivity (Wildman–Crippen MR) is 108 cm³/mol. The molecule has 1 aliphatic heterocycles. The van der Waals surface area contributed by atoms with E-state index in [1.807, 2.05) is 6.07 Å². The minimum Gasteiger partial charge on any atom is -0.369 e. The quantitative estimate of drug-likeness (QED) is 0.787. The monoisotopic (exact) mass is 392 g/mol. The second kappa shape index (κ2) is 7.22. The largest absolute Gasteiger partial charge is 0.369 e. The first-order valence-corrected chi connectivity index (χ1v) is 10.6. The molecule has 0 aliphatic carbocycles. The minimum absolute atomic E-state index is 0.0423. The first-order chi connectivity index (χ1) is 12.2. The number of halogens is 1. The van der Waals surface area contributed by atoms with Gasteiger partial charge in [0.1, 0.15) is 0 Å². The maximum Gasteiger partial charge on any atom is 0.243 e. The van der Waals surface area contributed by atoms with Gasteiger partial charge in [0.25, 0.3) is 0 Å². The summed E-state index contributed by atoms with van der Waals surface area (Å²) in [6.45, 7) is 8.88. The lowest BCUT2D eigenvalue weighted by Crippen LogP contribution is -2.49. The summed E-state index contributed by atoms with van der Waals surface area (Å²) >= 11 is 5.96. The van der Waals surface area contributed by atoms with Gasteiger partial charge in [0.2, 0.25) is 10.0 Å². The second-order valence-corrected chi connectivity index (χ2v) is 9.99. The summed E-state index contributed by atoms with van der Waals surface area (Å²) in [6.07, 6.45) is 0. The Kier molecular flexibility index (Phi) is 5.33. The molecule has 0 spiro atoms. The van der Waals surface area contributed by atoms with Gasteiger partial charge >= 0.3 is 0 Å². The van der Waals surface area contributed by atoms with E-state index >= 15 is 0 Å². The van der Waals surface area contributed by atoms with E-state index < -0.39 is 10.0 Å². The van der Waals surface area contributed by atoms with E-state index in [1.165, 1.54) is 17.3 Å². The van der Waals surface area contributed by atoms with Crippen molar-refractivity contribution in [3.8, 4) is 0 Å². The number of sulfonamides is 1. The predicted octanol–water partition coefficient (Wildman–Crippen LogP) is 4.15. The molecule has 0 N–H and O–H groups in total. The van der Waals surface area contributed by atoms with Crippen LogP contribution >= 0.6 is 11.6 Å². The molecule has 4 nitrogen and oxygen atoms in total. The summed E-state index contributed by atoms with van der Waals surface area (Å²) in [6, 6.07) is 14.9. The van der Waals surface area contributed by atoms with Crippen molar-refractivity contribution in [2.24, 2.45) is 0 Å². The lowest BCUT2D eigenvalue weighted by molar-refractivity contribution is 0.384. The Hall–Kier alpha value is -1.56. The third-order valence-corrected chi connectivity index (χ3v) is 6.85. The third kappa shape index (κ3) is 3.90. The van der Waals surface area contributed by atoms with Crippen LogP contribution in [-0.2, 0) is 15.4 Å². The lowest BCUT2D eigenvalue weighted by Gasteiger charge is -2.38. The van der Waals surface area contributed by atoms with Crippen molar-refractivity contribution in [1.82, 2.24) is 4.31 Å². The van der Waals surface area contributed by atoms with E-state index in [1.54, 1.807) is 22.5 Å². The van der Waals surface area contributed by atoms with E-state index in [0.29, 0.717) is 31.2 Å². The third-order valence-electron chi connectivity index (χ3n) is 4.73. The van der Waals surface area contributed by atoms with Crippen molar-refractivity contribution in [1.29, 1.82) is 0 Å². The normalized spacial score (nSPS) is 16.7. The molecule has 0 atom stereocenters. The molecule has 140 valence electrons. The van der Waals surface area contributed by atoms with Gasteiger partial charge in [0.05, 0.1) is 4.90 Å². The van der Waals surface area contributed by atoms with Crippen LogP contribution < -0.4 is 4.90 Å². The van der Waals surface area contributed by atoms with Crippen molar-refractivity contribution in [3.63, 3.8) is 0 Å². The molecule has 1 fully saturated rings. The molecular formula is C20H25ClN2O2S. The molecule has 1 heterocycles. The van der Waals surface area contributed by atoms with Gasteiger partial charge in [-0.25, -0.2) is 8.42 Å². The van der Waals surface area contributed by atoms with Gasteiger partial charge in [-0.15, -0.1) is 0 Å². The fourth-order valence-electron chi connectivity index (χ4n) is 3.33. The molecule has 1 aliphatic rings. The van der Waals surface area contributed by atoms with Crippen LogP contribution in [0, 0.1) is 0 Å². The highest BCUT2D eigenvalue weighted by Crippen LogP contribution is 2.32. The van der Waals surface area contributed by atoms with Crippen LogP contribution in [-0.4, -0.2) is 38.9 Å². The Labute approximate surface area is 161 Å². The van der Waals surface area contributed by atoms with Crippen LogP contribution in [0.3, 0.4) is 0 Å². The first-order valence-electron chi connectivity index (χ1n) is 8.80. The number of para-hydroxylation sites is 1. The Balaban J connectivity index is 1.78. The van der Waals surface area contributed by atoms with Gasteiger partial charge in [0.15, 0.2) is 0 Å². The fourth-order valence-corrected chi connectivity index (χ4v) is 5.05. The molecule has 0 saturated carbocycles. The molecule has 3 rings (SSSR count). The minimum atomic E-state index is -3.51. The topological polar surface area (TPSA) is 40.6 Å². The van der Waals surface area contributed by atoms with E-state index in [4.69, 9.17) is 11.6 Å². The van der Waals surface area contributed by atoms with Gasteiger partial charge in [-0.2, -0.15) is 4.31 Å². The summed E-state index contributed by atoms with van der Waals surface area (Å²) in [5.41, 5.74) is 2.52. The molecule has 6 heteroatoms. The van der Waals surface area contributed by atoms with Crippen LogP contribution in [0.2, 0.25) is 5.02 Å². The molecule has 0 unspecified atom stereocenters. The molecule has 0 bridgehead atoms. The number of rotatable bonds is 3. The van der Waals surface area contributed by atoms with Gasteiger partial charge in [-0.1, -0.05) is 56.6 Å². The highest BCUT2D eigenvalue weighted by atomic mass is 35.5. The second-order valence-electron chi connectivity index (χ2n) is 7.62. The molecule has 0 radical (unpaired) electrons. The SMILES string of the molecule is CC(C)(C)c1ccccc1N1CCN(S(=O)(=O)c2cccc(Cl)c2)CC1. The number of hydrogen-bond donors (Lipinski definition) is 0. The Morgan fingerprint density at radius 2 is 1.58 bits per heavy atom. The highest BCUT2D eigenvalue weighted by Gasteiger charge is 2.30. The van der Waals surface area contributed by atoms with Gasteiger partial charge in [-0.3, -0.25) is 0 Å². The molecule has 1 saturated heterocycles. The van der Waals surface area contributed by atoms with Crippen LogP contribution in [0.25, 0.3) is 0 Å². The fraction of sp³-hybridized carbons (Fsp3) is 0.400. The first kappa shape index (κ1) is 19.2. The van der Waals surface area contributed by atoms with Crippen molar-refractivity contribution in [2.45, 2.75) is 31.1 Å². The zero-order valence-corrected chi connectivity index (χ0v) is 17.0. The van der Waals surface area contributed by atoms with Crippen molar-refractivity contribution in [3.05, 3.63) is 59.1 Å². The smallest absolute Gasteiger partial charge is 0.243 e. The van der Waals surface area contributed by atoms with E-state index in [0.717, 1.165) is 0 Å². The Morgan fingerprint density at radius 1 is 0.923 bits per heavy atom. The van der Waals surface area contributed by atoms with Crippen molar-refractivity contribution < 1.29 is 8.42 Å². The van der Waals surface area contributed by atoms with Crippen LogP contribution in [0.5, 0.6) is 0 Å². The number of hydrogen-bond acceptors (Lipinski definition) is 3. The number of nitrogens with zero attached hydrogens (tertiary/aromatic N) is 2. The van der Waals surface area contributed by atoms with Crippen molar-refractivity contribution in [2.75, 3.05) is 31.1 Å². The summed E-state index contributed by atoms with van der Waals surface area (Å²) in [5, 5.41) is 0.434. The average Bonchev–Trinajstić information content (AvgIpc) is 2.61. The Bertz CT molecular complexity index is 883. The number of benzene rings is 2. The number of anilines is 1. The van der Waals surface area contributed by atoms with Crippen LogP contribution in [0.4, 0.5) is 5.69 Å². The summed E-state index contributed by atoms with van der Waals surface area (Å²) in [7, 11) is -3.51. The molecule has 2 aromatic rings. The van der Waals surface area contributed by atoms with E-state index in [-0.39, 0.29) is 10.3 Å². The highest BCUT2D eigenvalue weighted by molar-refractivity contribution is 7.89. The summed E-state index contributed by atoms with van der Waals surface area (Å²) < 4.78 is 27.3. The molecule has 0 amide bonds. The standard InChI is InChI=1S/C20H25ClN2O2S/c1-20(2,3)18-9-4-5-10-19(18)22-11-13-23(14-12-22)26(24,25)17-8-6-7-16(21)15-17/h4-10,15H,11-14H2,1-3H3. The molecule has 0 aromatic heterocycles. The zero-order chi connectivity index (χ0) is 18.9. The van der Waals surface area contributed by atoms with E-state index in [2.05, 4.69) is 43.9 Å². The molecule has 2 aromatic carbocycles. The van der Waals surface area contributed by atoms with Crippen LogP contribution in [0.15, 0.2) is 53.4 Å². The van der Waals surface area contributed by atoms with E-state index in [9.17, 15) is 8.42 Å². The maximum atomic E-state index is 12.9. The maximum absolute atomic E-state index is 12.9. The molecular weight excluding hydrogens is 368 g/mol. The Morgan fingerprint density at radius 3 is 2.19 bits per heavy atom. The summed E-state index contributed by atoms with van der Waals surface area (Å²) in [4.78, 5) is 2.54. The number of piperazine rings is 1. The lowest BCUT2D eigenvalue weighted by atomic mass is 9.85. The molecule has 26 heavy (non-hydrogen) atoms. The van der Waals surface area contributed by atoms with Crippen LogP contribution in [0.1, 0.15) is 26.3 Å². The van der Waals surface area contributed by atoms with Gasteiger partial charge in [0, 0.05) is 36.9 Å². The zero-order valence-electron chi connectivity index (χ0n) is 15.4. The summed E-state index contributed by atoms with van der Waals surface area (Å²) in [5.74, 6) is 0. The van der Waals surface area contributed by atoms with Crippen molar-refractivity contribution >= 4 is 27.3 Å².